The van der Waals surface area contributed by atoms with E-state index in [0.717, 1.165) is 6.54 Å². The molecule has 1 aliphatic heterocycles. The monoisotopic (exact) mass is 246 g/mol. The van der Waals surface area contributed by atoms with Crippen LogP contribution in [0.3, 0.4) is 0 Å². The van der Waals surface area contributed by atoms with Gasteiger partial charge in [-0.25, -0.2) is 0 Å². The molecule has 0 aliphatic carbocycles. The normalized spacial score (nSPS) is 20.2. The molecule has 1 saturated heterocycles. The summed E-state index contributed by atoms with van der Waals surface area (Å²) in [6.45, 7) is 10.3. The van der Waals surface area contributed by atoms with E-state index in [9.17, 15) is 0 Å². The van der Waals surface area contributed by atoms with Gasteiger partial charge in [0.25, 0.3) is 0 Å². The van der Waals surface area contributed by atoms with Gasteiger partial charge in [0.1, 0.15) is 0 Å². The quantitative estimate of drug-likeness (QED) is 0.878. The summed E-state index contributed by atoms with van der Waals surface area (Å²) in [6, 6.07) is 11.4. The Kier molecular flexibility index (Phi) is 4.41. The van der Waals surface area contributed by atoms with E-state index in [1.165, 1.54) is 31.5 Å². The van der Waals surface area contributed by atoms with Crippen LogP contribution in [0.25, 0.3) is 0 Å². The maximum Gasteiger partial charge on any atom is 0.0233 e. The summed E-state index contributed by atoms with van der Waals surface area (Å²) in [5.74, 6) is 0. The van der Waals surface area contributed by atoms with Crippen molar-refractivity contribution in [1.29, 1.82) is 0 Å². The van der Waals surface area contributed by atoms with E-state index >= 15 is 0 Å². The average Bonchev–Trinajstić information content (AvgIpc) is 2.33. The molecule has 0 bridgehead atoms. The van der Waals surface area contributed by atoms with E-state index in [0.29, 0.717) is 11.6 Å². The van der Waals surface area contributed by atoms with Crippen molar-refractivity contribution < 1.29 is 0 Å². The van der Waals surface area contributed by atoms with Gasteiger partial charge in [-0.2, -0.15) is 0 Å². The molecule has 0 radical (unpaired) electrons. The third kappa shape index (κ3) is 3.82. The number of benzene rings is 1. The Hall–Kier alpha value is -0.860. The van der Waals surface area contributed by atoms with E-state index in [1.54, 1.807) is 0 Å². The van der Waals surface area contributed by atoms with E-state index in [-0.39, 0.29) is 0 Å². The smallest absolute Gasteiger partial charge is 0.0233 e. The standard InChI is InChI=1S/C16H26N2/c1-14(2)17-16(3)9-11-18(12-10-16)13-15-7-5-4-6-8-15/h4-8,14,17H,9-13H2,1-3H3. The van der Waals surface area contributed by atoms with Crippen LogP contribution in [0.15, 0.2) is 30.3 Å². The van der Waals surface area contributed by atoms with Crippen molar-refractivity contribution in [2.45, 2.75) is 51.7 Å². The summed E-state index contributed by atoms with van der Waals surface area (Å²) in [5, 5.41) is 3.72. The lowest BCUT2D eigenvalue weighted by molar-refractivity contribution is 0.134. The molecule has 2 rings (SSSR count). The number of piperidine rings is 1. The summed E-state index contributed by atoms with van der Waals surface area (Å²) in [4.78, 5) is 2.57. The molecule has 2 heteroatoms. The largest absolute Gasteiger partial charge is 0.309 e. The highest BCUT2D eigenvalue weighted by atomic mass is 15.2. The van der Waals surface area contributed by atoms with Gasteiger partial charge in [0, 0.05) is 31.2 Å². The first-order valence-electron chi connectivity index (χ1n) is 7.11. The van der Waals surface area contributed by atoms with E-state index in [1.807, 2.05) is 0 Å². The third-order valence-electron chi connectivity index (χ3n) is 3.85. The first-order chi connectivity index (χ1) is 8.57. The van der Waals surface area contributed by atoms with Crippen molar-refractivity contribution in [3.05, 3.63) is 35.9 Å². The molecule has 0 atom stereocenters. The van der Waals surface area contributed by atoms with Crippen LogP contribution in [-0.4, -0.2) is 29.6 Å². The minimum Gasteiger partial charge on any atom is -0.309 e. The molecule has 0 amide bonds. The number of hydrogen-bond acceptors (Lipinski definition) is 2. The summed E-state index contributed by atoms with van der Waals surface area (Å²) < 4.78 is 0. The van der Waals surface area contributed by atoms with Crippen molar-refractivity contribution >= 4 is 0 Å². The zero-order valence-electron chi connectivity index (χ0n) is 11.9. The maximum absolute atomic E-state index is 3.72. The lowest BCUT2D eigenvalue weighted by Crippen LogP contribution is -2.53. The van der Waals surface area contributed by atoms with Crippen molar-refractivity contribution in [1.82, 2.24) is 10.2 Å². The molecule has 100 valence electrons. The van der Waals surface area contributed by atoms with Gasteiger partial charge in [0.15, 0.2) is 0 Å². The van der Waals surface area contributed by atoms with E-state index in [4.69, 9.17) is 0 Å². The fraction of sp³-hybridized carbons (Fsp3) is 0.625. The van der Waals surface area contributed by atoms with Gasteiger partial charge in [-0.1, -0.05) is 44.2 Å². The molecule has 18 heavy (non-hydrogen) atoms. The Morgan fingerprint density at radius 1 is 1.17 bits per heavy atom. The summed E-state index contributed by atoms with van der Waals surface area (Å²) in [7, 11) is 0. The Labute approximate surface area is 111 Å². The van der Waals surface area contributed by atoms with Gasteiger partial charge in [-0.3, -0.25) is 4.90 Å². The summed E-state index contributed by atoms with van der Waals surface area (Å²) in [6.07, 6.45) is 2.50. The van der Waals surface area contributed by atoms with Crippen molar-refractivity contribution in [2.24, 2.45) is 0 Å². The van der Waals surface area contributed by atoms with Gasteiger partial charge >= 0.3 is 0 Å². The second kappa shape index (κ2) is 5.85. The fourth-order valence-corrected chi connectivity index (χ4v) is 2.89. The third-order valence-corrected chi connectivity index (χ3v) is 3.85. The van der Waals surface area contributed by atoms with Crippen LogP contribution < -0.4 is 5.32 Å². The molecule has 1 N–H and O–H groups in total. The van der Waals surface area contributed by atoms with Crippen LogP contribution in [0.2, 0.25) is 0 Å². The molecule has 0 saturated carbocycles. The van der Waals surface area contributed by atoms with Crippen molar-refractivity contribution in [3.63, 3.8) is 0 Å². The number of likely N-dealkylation sites (tertiary alicyclic amines) is 1. The highest BCUT2D eigenvalue weighted by molar-refractivity contribution is 5.14. The highest BCUT2D eigenvalue weighted by Crippen LogP contribution is 2.23. The topological polar surface area (TPSA) is 15.3 Å². The molecule has 0 unspecified atom stereocenters. The lowest BCUT2D eigenvalue weighted by Gasteiger charge is -2.41. The van der Waals surface area contributed by atoms with Crippen LogP contribution in [0.4, 0.5) is 0 Å². The molecule has 1 aromatic carbocycles. The average molecular weight is 246 g/mol. The SMILES string of the molecule is CC(C)NC1(C)CCN(Cc2ccccc2)CC1. The Morgan fingerprint density at radius 3 is 2.33 bits per heavy atom. The summed E-state index contributed by atoms with van der Waals surface area (Å²) in [5.41, 5.74) is 1.76. The molecular formula is C16H26N2. The first kappa shape index (κ1) is 13.6. The van der Waals surface area contributed by atoms with Crippen molar-refractivity contribution in [3.8, 4) is 0 Å². The predicted molar refractivity (Wildman–Crippen MR) is 77.6 cm³/mol. The Morgan fingerprint density at radius 2 is 1.78 bits per heavy atom. The van der Waals surface area contributed by atoms with Crippen molar-refractivity contribution in [2.75, 3.05) is 13.1 Å². The van der Waals surface area contributed by atoms with Crippen LogP contribution in [0.1, 0.15) is 39.2 Å². The van der Waals surface area contributed by atoms with Crippen LogP contribution in [0.5, 0.6) is 0 Å². The van der Waals surface area contributed by atoms with Gasteiger partial charge in [0.2, 0.25) is 0 Å². The molecular weight excluding hydrogens is 220 g/mol. The molecule has 1 aromatic rings. The Balaban J connectivity index is 1.83. The molecule has 2 nitrogen and oxygen atoms in total. The maximum atomic E-state index is 3.72. The van der Waals surface area contributed by atoms with E-state index < -0.39 is 0 Å². The molecule has 0 spiro atoms. The second-order valence-corrected chi connectivity index (χ2v) is 6.12. The fourth-order valence-electron chi connectivity index (χ4n) is 2.89. The zero-order valence-corrected chi connectivity index (χ0v) is 11.9. The Bertz CT molecular complexity index is 351. The van der Waals surface area contributed by atoms with Crippen LogP contribution in [-0.2, 0) is 6.54 Å². The zero-order chi connectivity index (χ0) is 13.0. The molecule has 1 heterocycles. The number of nitrogens with zero attached hydrogens (tertiary/aromatic N) is 1. The number of nitrogens with one attached hydrogen (secondary N) is 1. The number of rotatable bonds is 4. The molecule has 1 fully saturated rings. The molecule has 0 aromatic heterocycles. The van der Waals surface area contributed by atoms with Gasteiger partial charge in [0.05, 0.1) is 0 Å². The minimum atomic E-state index is 0.335. The summed E-state index contributed by atoms with van der Waals surface area (Å²) >= 11 is 0. The van der Waals surface area contributed by atoms with E-state index in [2.05, 4.69) is 61.3 Å². The lowest BCUT2D eigenvalue weighted by atomic mass is 9.88. The van der Waals surface area contributed by atoms with Gasteiger partial charge in [-0.05, 0) is 25.3 Å². The first-order valence-corrected chi connectivity index (χ1v) is 7.11. The number of hydrogen-bond donors (Lipinski definition) is 1. The van der Waals surface area contributed by atoms with Crippen LogP contribution >= 0.6 is 0 Å². The predicted octanol–water partition coefficient (Wildman–Crippen LogP) is 3.04. The molecule has 1 aliphatic rings. The minimum absolute atomic E-state index is 0.335. The highest BCUT2D eigenvalue weighted by Gasteiger charge is 2.29. The van der Waals surface area contributed by atoms with Crippen LogP contribution in [0, 0.1) is 0 Å². The van der Waals surface area contributed by atoms with Gasteiger partial charge < -0.3 is 5.32 Å². The second-order valence-electron chi connectivity index (χ2n) is 6.12. The van der Waals surface area contributed by atoms with Gasteiger partial charge in [-0.15, -0.1) is 0 Å².